The molecule has 1 N–H and O–H groups in total. The lowest BCUT2D eigenvalue weighted by Gasteiger charge is -2.11. The second-order valence-electron chi connectivity index (χ2n) is 6.52. The smallest absolute Gasteiger partial charge is 0.336 e. The van der Waals surface area contributed by atoms with Crippen molar-refractivity contribution in [1.29, 1.82) is 0 Å². The van der Waals surface area contributed by atoms with Gasteiger partial charge in [-0.15, -0.1) is 0 Å². The fourth-order valence-electron chi connectivity index (χ4n) is 2.93. The van der Waals surface area contributed by atoms with Gasteiger partial charge in [0, 0.05) is 17.0 Å². The van der Waals surface area contributed by atoms with Crippen LogP contribution in [0.25, 0.3) is 11.0 Å². The van der Waals surface area contributed by atoms with Crippen molar-refractivity contribution in [3.8, 4) is 5.75 Å². The molecule has 0 saturated carbocycles. The Morgan fingerprint density at radius 1 is 1.10 bits per heavy atom. The highest BCUT2D eigenvalue weighted by molar-refractivity contribution is 5.98. The predicted molar refractivity (Wildman–Crippen MR) is 107 cm³/mol. The number of carbonyl (C=O) groups excluding carboxylic acids is 2. The molecule has 2 aromatic carbocycles. The van der Waals surface area contributed by atoms with Gasteiger partial charge in [0.2, 0.25) is 0 Å². The molecule has 7 heteroatoms. The zero-order valence-corrected chi connectivity index (χ0v) is 16.4. The van der Waals surface area contributed by atoms with Crippen molar-refractivity contribution in [2.24, 2.45) is 0 Å². The van der Waals surface area contributed by atoms with Crippen LogP contribution in [0.5, 0.6) is 5.75 Å². The minimum atomic E-state index is -0.626. The highest BCUT2D eigenvalue weighted by Gasteiger charge is 2.14. The number of amides is 1. The largest absolute Gasteiger partial charge is 0.496 e. The van der Waals surface area contributed by atoms with Gasteiger partial charge in [-0.05, 0) is 37.1 Å². The topological polar surface area (TPSA) is 94.8 Å². The summed E-state index contributed by atoms with van der Waals surface area (Å²) in [5, 5.41) is 3.21. The van der Waals surface area contributed by atoms with Crippen LogP contribution in [0.15, 0.2) is 51.7 Å². The van der Waals surface area contributed by atoms with Gasteiger partial charge in [-0.1, -0.05) is 24.3 Å². The lowest BCUT2D eigenvalue weighted by molar-refractivity contribution is -0.143. The van der Waals surface area contributed by atoms with Crippen molar-refractivity contribution in [2.75, 3.05) is 13.7 Å². The highest BCUT2D eigenvalue weighted by atomic mass is 16.5. The molecular weight excluding hydrogens is 374 g/mol. The summed E-state index contributed by atoms with van der Waals surface area (Å²) in [5.74, 6) is -0.665. The minimum Gasteiger partial charge on any atom is -0.496 e. The van der Waals surface area contributed by atoms with E-state index in [2.05, 4.69) is 5.32 Å². The third-order valence-corrected chi connectivity index (χ3v) is 4.65. The number of hydrogen-bond acceptors (Lipinski definition) is 6. The van der Waals surface area contributed by atoms with E-state index >= 15 is 0 Å². The molecule has 0 spiro atoms. The van der Waals surface area contributed by atoms with Crippen LogP contribution in [0.3, 0.4) is 0 Å². The minimum absolute atomic E-state index is 0.103. The molecule has 3 aromatic rings. The first-order valence-corrected chi connectivity index (χ1v) is 9.00. The molecular formula is C22H21NO6. The summed E-state index contributed by atoms with van der Waals surface area (Å²) in [6, 6.07) is 11.7. The van der Waals surface area contributed by atoms with Gasteiger partial charge in [-0.3, -0.25) is 9.59 Å². The normalized spacial score (nSPS) is 10.6. The summed E-state index contributed by atoms with van der Waals surface area (Å²) in [5.41, 5.74) is 2.68. The quantitative estimate of drug-likeness (QED) is 0.509. The first-order valence-electron chi connectivity index (χ1n) is 9.00. The fraction of sp³-hybridized carbons (Fsp3) is 0.227. The monoisotopic (exact) mass is 395 g/mol. The number of ether oxygens (including phenoxy) is 2. The van der Waals surface area contributed by atoms with Crippen molar-refractivity contribution < 1.29 is 23.5 Å². The summed E-state index contributed by atoms with van der Waals surface area (Å²) in [4.78, 5) is 36.2. The molecule has 0 atom stereocenters. The maximum Gasteiger partial charge on any atom is 0.336 e. The van der Waals surface area contributed by atoms with E-state index in [9.17, 15) is 14.4 Å². The Balaban J connectivity index is 1.66. The molecule has 0 bridgehead atoms. The Morgan fingerprint density at radius 2 is 1.86 bits per heavy atom. The lowest BCUT2D eigenvalue weighted by Crippen LogP contribution is -2.30. The lowest BCUT2D eigenvalue weighted by atomic mass is 10.0. The van der Waals surface area contributed by atoms with E-state index in [1.54, 1.807) is 24.3 Å². The summed E-state index contributed by atoms with van der Waals surface area (Å²) >= 11 is 0. The number of nitrogens with one attached hydrogen (secondary N) is 1. The van der Waals surface area contributed by atoms with Crippen LogP contribution in [0.1, 0.15) is 27.0 Å². The van der Waals surface area contributed by atoms with E-state index in [-0.39, 0.29) is 13.2 Å². The van der Waals surface area contributed by atoms with E-state index in [1.165, 1.54) is 13.2 Å². The van der Waals surface area contributed by atoms with Gasteiger partial charge >= 0.3 is 11.6 Å². The zero-order chi connectivity index (χ0) is 21.0. The summed E-state index contributed by atoms with van der Waals surface area (Å²) in [7, 11) is 1.46. The van der Waals surface area contributed by atoms with E-state index in [1.807, 2.05) is 26.0 Å². The van der Waals surface area contributed by atoms with Crippen molar-refractivity contribution >= 4 is 22.8 Å². The molecule has 0 aliphatic heterocycles. The van der Waals surface area contributed by atoms with Gasteiger partial charge in [-0.25, -0.2) is 4.79 Å². The van der Waals surface area contributed by atoms with Crippen LogP contribution in [-0.4, -0.2) is 25.5 Å². The fourth-order valence-corrected chi connectivity index (χ4v) is 2.93. The molecule has 1 amide bonds. The molecule has 0 saturated heterocycles. The van der Waals surface area contributed by atoms with Crippen molar-refractivity contribution in [2.45, 2.75) is 20.5 Å². The van der Waals surface area contributed by atoms with Gasteiger partial charge in [0.25, 0.3) is 5.91 Å². The SMILES string of the molecule is COc1ccccc1C(=O)NCC(=O)OCc1cc(=O)oc2c(C)c(C)ccc12. The zero-order valence-electron chi connectivity index (χ0n) is 16.4. The number of hydrogen-bond donors (Lipinski definition) is 1. The average Bonchev–Trinajstić information content (AvgIpc) is 2.73. The summed E-state index contributed by atoms with van der Waals surface area (Å²) in [6.45, 7) is 3.37. The molecule has 3 rings (SSSR count). The number of para-hydroxylation sites is 1. The number of aryl methyl sites for hydroxylation is 2. The Hall–Kier alpha value is -3.61. The molecule has 0 radical (unpaired) electrons. The van der Waals surface area contributed by atoms with E-state index in [0.29, 0.717) is 27.8 Å². The van der Waals surface area contributed by atoms with Crippen LogP contribution in [0.4, 0.5) is 0 Å². The van der Waals surface area contributed by atoms with Crippen molar-refractivity contribution in [1.82, 2.24) is 5.32 Å². The Bertz CT molecular complexity index is 1130. The first kappa shape index (κ1) is 20.1. The molecule has 7 nitrogen and oxygen atoms in total. The second kappa shape index (κ2) is 8.60. The van der Waals surface area contributed by atoms with E-state index < -0.39 is 17.5 Å². The second-order valence-corrected chi connectivity index (χ2v) is 6.52. The number of carbonyl (C=O) groups is 2. The summed E-state index contributed by atoms with van der Waals surface area (Å²) < 4.78 is 15.7. The molecule has 0 fully saturated rings. The van der Waals surface area contributed by atoms with E-state index in [4.69, 9.17) is 13.9 Å². The number of fused-ring (bicyclic) bond motifs is 1. The van der Waals surface area contributed by atoms with Crippen molar-refractivity contribution in [3.63, 3.8) is 0 Å². The molecule has 0 aliphatic carbocycles. The number of esters is 1. The third kappa shape index (κ3) is 4.45. The van der Waals surface area contributed by atoms with Gasteiger partial charge in [0.1, 0.15) is 24.5 Å². The van der Waals surface area contributed by atoms with Crippen molar-refractivity contribution in [3.05, 3.63) is 75.1 Å². The van der Waals surface area contributed by atoms with Gasteiger partial charge in [0.15, 0.2) is 0 Å². The number of methoxy groups -OCH3 is 1. The molecule has 150 valence electrons. The average molecular weight is 395 g/mol. The molecule has 0 unspecified atom stereocenters. The number of rotatable bonds is 6. The summed E-state index contributed by atoms with van der Waals surface area (Å²) in [6.07, 6.45) is 0. The molecule has 29 heavy (non-hydrogen) atoms. The standard InChI is InChI=1S/C22H21NO6/c1-13-8-9-16-15(10-19(24)29-21(16)14(13)2)12-28-20(25)11-23-22(26)17-6-4-5-7-18(17)27-3/h4-10H,11-12H2,1-3H3,(H,23,26). The Labute approximate surface area is 167 Å². The molecule has 1 aromatic heterocycles. The van der Waals surface area contributed by atoms with Gasteiger partial charge in [-0.2, -0.15) is 0 Å². The van der Waals surface area contributed by atoms with Gasteiger partial charge < -0.3 is 19.2 Å². The van der Waals surface area contributed by atoms with Gasteiger partial charge in [0.05, 0.1) is 12.7 Å². The number of benzene rings is 2. The van der Waals surface area contributed by atoms with Crippen LogP contribution < -0.4 is 15.7 Å². The van der Waals surface area contributed by atoms with Crippen LogP contribution in [0, 0.1) is 13.8 Å². The maximum atomic E-state index is 12.2. The highest BCUT2D eigenvalue weighted by Crippen LogP contribution is 2.23. The third-order valence-electron chi connectivity index (χ3n) is 4.65. The van der Waals surface area contributed by atoms with Crippen LogP contribution >= 0.6 is 0 Å². The Morgan fingerprint density at radius 3 is 2.62 bits per heavy atom. The van der Waals surface area contributed by atoms with Crippen LogP contribution in [0.2, 0.25) is 0 Å². The molecule has 0 aliphatic rings. The Kier molecular flexibility index (Phi) is 5.97. The van der Waals surface area contributed by atoms with Crippen LogP contribution in [-0.2, 0) is 16.1 Å². The van der Waals surface area contributed by atoms with E-state index in [0.717, 1.165) is 11.1 Å². The first-order chi connectivity index (χ1) is 13.9. The molecule has 1 heterocycles. The predicted octanol–water partition coefficient (Wildman–Crippen LogP) is 2.89. The maximum absolute atomic E-state index is 12.2.